The summed E-state index contributed by atoms with van der Waals surface area (Å²) in [7, 11) is 0. The maximum absolute atomic E-state index is 12.2. The number of hydrogen-bond acceptors (Lipinski definition) is 4. The lowest BCUT2D eigenvalue weighted by atomic mass is 10.1. The first-order valence-corrected chi connectivity index (χ1v) is 8.36. The van der Waals surface area contributed by atoms with Crippen molar-refractivity contribution in [2.75, 3.05) is 0 Å². The smallest absolute Gasteiger partial charge is 0.279 e. The topological polar surface area (TPSA) is 70.2 Å². The van der Waals surface area contributed by atoms with Gasteiger partial charge in [0.15, 0.2) is 5.11 Å². The molecule has 0 aliphatic rings. The summed E-state index contributed by atoms with van der Waals surface area (Å²) in [6, 6.07) is 16.6. The Bertz CT molecular complexity index is 907. The van der Waals surface area contributed by atoms with Gasteiger partial charge < -0.3 is 0 Å². The van der Waals surface area contributed by atoms with Gasteiger partial charge in [-0.05, 0) is 46.6 Å². The quantitative estimate of drug-likeness (QED) is 0.488. The van der Waals surface area contributed by atoms with Crippen molar-refractivity contribution in [3.8, 4) is 0 Å². The number of thiophene rings is 1. The zero-order valence-corrected chi connectivity index (χ0v) is 14.0. The number of rotatable bonds is 2. The van der Waals surface area contributed by atoms with Gasteiger partial charge in [-0.3, -0.25) is 25.8 Å². The second kappa shape index (κ2) is 7.20. The fourth-order valence-corrected chi connectivity index (χ4v) is 2.88. The number of thiocarbonyl (C=S) groups is 1. The highest BCUT2D eigenvalue weighted by molar-refractivity contribution is 7.80. The van der Waals surface area contributed by atoms with E-state index >= 15 is 0 Å². The van der Waals surface area contributed by atoms with Crippen LogP contribution < -0.4 is 16.2 Å². The number of hydrazine groups is 1. The number of carbonyl (C=O) groups is 2. The van der Waals surface area contributed by atoms with Gasteiger partial charge in [0.05, 0.1) is 4.88 Å². The van der Waals surface area contributed by atoms with E-state index in [1.165, 1.54) is 11.3 Å². The summed E-state index contributed by atoms with van der Waals surface area (Å²) >= 11 is 6.33. The second-order valence-corrected chi connectivity index (χ2v) is 6.26. The minimum Gasteiger partial charge on any atom is -0.298 e. The van der Waals surface area contributed by atoms with Crippen molar-refractivity contribution in [3.05, 3.63) is 70.4 Å². The van der Waals surface area contributed by atoms with E-state index in [9.17, 15) is 9.59 Å². The van der Waals surface area contributed by atoms with Gasteiger partial charge in [-0.2, -0.15) is 0 Å². The summed E-state index contributed by atoms with van der Waals surface area (Å²) in [6.45, 7) is 0. The van der Waals surface area contributed by atoms with Crippen LogP contribution in [0.15, 0.2) is 60.0 Å². The Balaban J connectivity index is 1.59. The summed E-state index contributed by atoms with van der Waals surface area (Å²) < 4.78 is 0. The van der Waals surface area contributed by atoms with Gasteiger partial charge in [-0.25, -0.2) is 0 Å². The van der Waals surface area contributed by atoms with E-state index in [1.807, 2.05) is 30.3 Å². The molecule has 0 radical (unpaired) electrons. The Hall–Kier alpha value is -2.77. The Labute approximate surface area is 147 Å². The third-order valence-electron chi connectivity index (χ3n) is 3.27. The van der Waals surface area contributed by atoms with Crippen LogP contribution in [0, 0.1) is 0 Å². The maximum atomic E-state index is 12.2. The Morgan fingerprint density at radius 3 is 2.42 bits per heavy atom. The van der Waals surface area contributed by atoms with E-state index in [-0.39, 0.29) is 16.9 Å². The molecule has 2 amide bonds. The summed E-state index contributed by atoms with van der Waals surface area (Å²) in [6.07, 6.45) is 0. The molecule has 3 rings (SSSR count). The normalized spacial score (nSPS) is 10.2. The first-order chi connectivity index (χ1) is 11.6. The highest BCUT2D eigenvalue weighted by Gasteiger charge is 2.10. The van der Waals surface area contributed by atoms with E-state index in [2.05, 4.69) is 16.2 Å². The van der Waals surface area contributed by atoms with Crippen molar-refractivity contribution in [1.82, 2.24) is 16.2 Å². The minimum absolute atomic E-state index is 0.0260. The second-order valence-electron chi connectivity index (χ2n) is 4.90. The van der Waals surface area contributed by atoms with Gasteiger partial charge in [0.1, 0.15) is 0 Å². The number of nitrogens with one attached hydrogen (secondary N) is 3. The van der Waals surface area contributed by atoms with Crippen molar-refractivity contribution in [1.29, 1.82) is 0 Å². The summed E-state index contributed by atoms with van der Waals surface area (Å²) in [4.78, 5) is 24.5. The lowest BCUT2D eigenvalue weighted by Crippen LogP contribution is -2.48. The van der Waals surface area contributed by atoms with Crippen molar-refractivity contribution in [2.45, 2.75) is 0 Å². The van der Waals surface area contributed by atoms with Crippen LogP contribution >= 0.6 is 23.6 Å². The zero-order chi connectivity index (χ0) is 16.9. The van der Waals surface area contributed by atoms with Crippen molar-refractivity contribution >= 4 is 51.3 Å². The molecule has 0 aliphatic carbocycles. The molecule has 0 unspecified atom stereocenters. The Kier molecular flexibility index (Phi) is 4.83. The third kappa shape index (κ3) is 3.76. The lowest BCUT2D eigenvalue weighted by molar-refractivity contribution is 0.0938. The number of carbonyl (C=O) groups excluding carboxylic acids is 2. The van der Waals surface area contributed by atoms with Crippen LogP contribution in [-0.4, -0.2) is 16.9 Å². The van der Waals surface area contributed by atoms with E-state index in [0.29, 0.717) is 10.4 Å². The zero-order valence-electron chi connectivity index (χ0n) is 12.4. The summed E-state index contributed by atoms with van der Waals surface area (Å²) in [5.74, 6) is -0.657. The molecule has 7 heteroatoms. The molecule has 3 N–H and O–H groups in total. The van der Waals surface area contributed by atoms with Crippen molar-refractivity contribution < 1.29 is 9.59 Å². The predicted molar refractivity (Wildman–Crippen MR) is 98.9 cm³/mol. The van der Waals surface area contributed by atoms with E-state index in [4.69, 9.17) is 12.2 Å². The van der Waals surface area contributed by atoms with Crippen LogP contribution in [-0.2, 0) is 0 Å². The summed E-state index contributed by atoms with van der Waals surface area (Å²) in [5.41, 5.74) is 5.44. The predicted octanol–water partition coefficient (Wildman–Crippen LogP) is 2.85. The van der Waals surface area contributed by atoms with Crippen LogP contribution in [0.2, 0.25) is 0 Å². The largest absolute Gasteiger partial charge is 0.298 e. The van der Waals surface area contributed by atoms with Gasteiger partial charge >= 0.3 is 0 Å². The molecule has 120 valence electrons. The van der Waals surface area contributed by atoms with E-state index in [0.717, 1.165) is 10.8 Å². The molecule has 0 saturated heterocycles. The molecule has 24 heavy (non-hydrogen) atoms. The highest BCUT2D eigenvalue weighted by Crippen LogP contribution is 2.15. The van der Waals surface area contributed by atoms with Gasteiger partial charge in [0.2, 0.25) is 0 Å². The van der Waals surface area contributed by atoms with Gasteiger partial charge in [-0.15, -0.1) is 11.3 Å². The fourth-order valence-electron chi connectivity index (χ4n) is 2.12. The molecular formula is C17H13N3O2S2. The first-order valence-electron chi connectivity index (χ1n) is 7.07. The van der Waals surface area contributed by atoms with Crippen LogP contribution in [0.25, 0.3) is 10.8 Å². The molecule has 5 nitrogen and oxygen atoms in total. The molecule has 1 aromatic heterocycles. The number of fused-ring (bicyclic) bond motifs is 1. The third-order valence-corrected chi connectivity index (χ3v) is 4.35. The van der Waals surface area contributed by atoms with Crippen LogP contribution in [0.4, 0.5) is 0 Å². The molecule has 0 fully saturated rings. The molecular weight excluding hydrogens is 342 g/mol. The number of benzene rings is 2. The molecule has 0 atom stereocenters. The van der Waals surface area contributed by atoms with Crippen LogP contribution in [0.1, 0.15) is 20.0 Å². The lowest BCUT2D eigenvalue weighted by Gasteiger charge is -2.10. The van der Waals surface area contributed by atoms with E-state index in [1.54, 1.807) is 29.6 Å². The van der Waals surface area contributed by atoms with Gasteiger partial charge in [0.25, 0.3) is 11.8 Å². The van der Waals surface area contributed by atoms with Gasteiger partial charge in [-0.1, -0.05) is 36.4 Å². The SMILES string of the molecule is O=C(NC(=S)NNC(=O)c1cccs1)c1ccc2ccccc2c1. The Morgan fingerprint density at radius 1 is 0.875 bits per heavy atom. The summed E-state index contributed by atoms with van der Waals surface area (Å²) in [5, 5.41) is 6.38. The molecule has 0 saturated carbocycles. The van der Waals surface area contributed by atoms with Crippen molar-refractivity contribution in [2.24, 2.45) is 0 Å². The van der Waals surface area contributed by atoms with Crippen LogP contribution in [0.5, 0.6) is 0 Å². The monoisotopic (exact) mass is 355 g/mol. The Morgan fingerprint density at radius 2 is 1.67 bits per heavy atom. The minimum atomic E-state index is -0.344. The number of hydrogen-bond donors (Lipinski definition) is 3. The fraction of sp³-hybridized carbons (Fsp3) is 0. The molecule has 2 aromatic carbocycles. The maximum Gasteiger partial charge on any atom is 0.279 e. The molecule has 0 bridgehead atoms. The average Bonchev–Trinajstić information content (AvgIpc) is 3.14. The highest BCUT2D eigenvalue weighted by atomic mass is 32.1. The van der Waals surface area contributed by atoms with Crippen LogP contribution in [0.3, 0.4) is 0 Å². The molecule has 1 heterocycles. The van der Waals surface area contributed by atoms with Crippen molar-refractivity contribution in [3.63, 3.8) is 0 Å². The first kappa shape index (κ1) is 16.1. The average molecular weight is 355 g/mol. The van der Waals surface area contributed by atoms with E-state index < -0.39 is 0 Å². The van der Waals surface area contributed by atoms with Gasteiger partial charge in [0, 0.05) is 5.56 Å². The molecule has 0 aliphatic heterocycles. The standard InChI is InChI=1S/C17H13N3O2S2/c21-15(13-8-7-11-4-1-2-5-12(11)10-13)18-17(23)20-19-16(22)14-6-3-9-24-14/h1-10H,(H,19,22)(H2,18,20,21,23). The molecule has 3 aromatic rings. The molecule has 0 spiro atoms. The number of amides is 2.